The van der Waals surface area contributed by atoms with Crippen LogP contribution in [0.4, 0.5) is 0 Å². The molecule has 1 heterocycles. The van der Waals surface area contributed by atoms with Gasteiger partial charge in [0.15, 0.2) is 0 Å². The van der Waals surface area contributed by atoms with Crippen LogP contribution in [0.5, 0.6) is 0 Å². The molecule has 0 amide bonds. The van der Waals surface area contributed by atoms with E-state index in [9.17, 15) is 0 Å². The van der Waals surface area contributed by atoms with Gasteiger partial charge in [0, 0.05) is 19.2 Å². The lowest BCUT2D eigenvalue weighted by molar-refractivity contribution is 0.532. The lowest BCUT2D eigenvalue weighted by atomic mass is 10.2. The second-order valence-corrected chi connectivity index (χ2v) is 3.15. The SMILES string of the molecule is [C-]#[N+]C(C)c1cnn(C(C)C)c1. The van der Waals surface area contributed by atoms with Gasteiger partial charge < -0.3 is 4.85 Å². The summed E-state index contributed by atoms with van der Waals surface area (Å²) < 4.78 is 1.87. The average molecular weight is 163 g/mol. The molecule has 0 saturated carbocycles. The van der Waals surface area contributed by atoms with E-state index in [1.807, 2.05) is 17.8 Å². The number of nitrogens with zero attached hydrogens (tertiary/aromatic N) is 3. The summed E-state index contributed by atoms with van der Waals surface area (Å²) in [7, 11) is 0. The number of aromatic nitrogens is 2. The summed E-state index contributed by atoms with van der Waals surface area (Å²) in [4.78, 5) is 3.43. The van der Waals surface area contributed by atoms with Gasteiger partial charge in [-0.05, 0) is 13.8 Å². The molecule has 0 aliphatic carbocycles. The van der Waals surface area contributed by atoms with E-state index in [0.717, 1.165) is 5.56 Å². The first-order valence-electron chi connectivity index (χ1n) is 4.05. The standard InChI is InChI=1S/C9H13N3/c1-7(2)12-6-9(5-11-12)8(3)10-4/h5-8H,1-3H3. The van der Waals surface area contributed by atoms with Crippen LogP contribution in [0.2, 0.25) is 0 Å². The molecule has 0 spiro atoms. The molecule has 0 radical (unpaired) electrons. The van der Waals surface area contributed by atoms with Gasteiger partial charge in [0.25, 0.3) is 0 Å². The van der Waals surface area contributed by atoms with E-state index in [0.29, 0.717) is 6.04 Å². The Morgan fingerprint density at radius 3 is 2.58 bits per heavy atom. The Morgan fingerprint density at radius 2 is 2.17 bits per heavy atom. The quantitative estimate of drug-likeness (QED) is 0.614. The molecule has 1 unspecified atom stereocenters. The van der Waals surface area contributed by atoms with E-state index in [1.54, 1.807) is 6.20 Å². The minimum Gasteiger partial charge on any atom is -0.309 e. The molecule has 1 aromatic heterocycles. The maximum Gasteiger partial charge on any atom is 0.249 e. The molecule has 0 bridgehead atoms. The van der Waals surface area contributed by atoms with Gasteiger partial charge in [-0.2, -0.15) is 5.10 Å². The van der Waals surface area contributed by atoms with Gasteiger partial charge in [0.2, 0.25) is 6.04 Å². The molecule has 0 aliphatic rings. The summed E-state index contributed by atoms with van der Waals surface area (Å²) in [5, 5.41) is 4.16. The van der Waals surface area contributed by atoms with Crippen molar-refractivity contribution in [2.45, 2.75) is 32.9 Å². The molecule has 0 fully saturated rings. The van der Waals surface area contributed by atoms with E-state index >= 15 is 0 Å². The fourth-order valence-electron chi connectivity index (χ4n) is 0.925. The Morgan fingerprint density at radius 1 is 1.50 bits per heavy atom. The number of hydrogen-bond acceptors (Lipinski definition) is 1. The maximum atomic E-state index is 6.85. The van der Waals surface area contributed by atoms with Crippen LogP contribution in [-0.2, 0) is 0 Å². The van der Waals surface area contributed by atoms with Crippen LogP contribution in [-0.4, -0.2) is 9.78 Å². The molecule has 64 valence electrons. The van der Waals surface area contributed by atoms with Crippen molar-refractivity contribution in [3.05, 3.63) is 29.4 Å². The predicted molar refractivity (Wildman–Crippen MR) is 47.6 cm³/mol. The van der Waals surface area contributed by atoms with Crippen LogP contribution in [0.1, 0.15) is 38.4 Å². The molecule has 0 N–H and O–H groups in total. The third-order valence-electron chi connectivity index (χ3n) is 1.83. The summed E-state index contributed by atoms with van der Waals surface area (Å²) >= 11 is 0. The first-order chi connectivity index (χ1) is 5.65. The highest BCUT2D eigenvalue weighted by atomic mass is 15.3. The Balaban J connectivity index is 2.86. The van der Waals surface area contributed by atoms with Crippen molar-refractivity contribution >= 4 is 0 Å². The molecule has 3 nitrogen and oxygen atoms in total. The fourth-order valence-corrected chi connectivity index (χ4v) is 0.925. The van der Waals surface area contributed by atoms with E-state index in [2.05, 4.69) is 23.8 Å². The molecule has 12 heavy (non-hydrogen) atoms. The summed E-state index contributed by atoms with van der Waals surface area (Å²) in [5.74, 6) is 0. The summed E-state index contributed by atoms with van der Waals surface area (Å²) in [6.45, 7) is 12.9. The largest absolute Gasteiger partial charge is 0.309 e. The summed E-state index contributed by atoms with van der Waals surface area (Å²) in [6.07, 6.45) is 3.70. The van der Waals surface area contributed by atoms with E-state index in [4.69, 9.17) is 6.57 Å². The molecule has 3 heteroatoms. The molecule has 0 aliphatic heterocycles. The van der Waals surface area contributed by atoms with Crippen molar-refractivity contribution in [3.63, 3.8) is 0 Å². The topological polar surface area (TPSA) is 22.2 Å². The molecule has 1 aromatic rings. The van der Waals surface area contributed by atoms with Gasteiger partial charge in [-0.15, -0.1) is 0 Å². The van der Waals surface area contributed by atoms with Gasteiger partial charge in [-0.3, -0.25) is 4.68 Å². The molecular formula is C9H13N3. The maximum absolute atomic E-state index is 6.85. The van der Waals surface area contributed by atoms with Crippen molar-refractivity contribution in [1.29, 1.82) is 0 Å². The zero-order valence-electron chi connectivity index (χ0n) is 7.65. The first kappa shape index (κ1) is 8.79. The fraction of sp³-hybridized carbons (Fsp3) is 0.556. The zero-order chi connectivity index (χ0) is 9.14. The Bertz CT molecular complexity index is 293. The normalized spacial score (nSPS) is 12.9. The highest BCUT2D eigenvalue weighted by Gasteiger charge is 2.11. The van der Waals surface area contributed by atoms with Gasteiger partial charge in [0.05, 0.1) is 11.8 Å². The third-order valence-corrected chi connectivity index (χ3v) is 1.83. The van der Waals surface area contributed by atoms with E-state index in [-0.39, 0.29) is 6.04 Å². The van der Waals surface area contributed by atoms with Crippen LogP contribution < -0.4 is 0 Å². The van der Waals surface area contributed by atoms with Crippen LogP contribution in [0.25, 0.3) is 4.85 Å². The van der Waals surface area contributed by atoms with Crippen LogP contribution >= 0.6 is 0 Å². The van der Waals surface area contributed by atoms with Gasteiger partial charge >= 0.3 is 0 Å². The van der Waals surface area contributed by atoms with E-state index in [1.165, 1.54) is 0 Å². The average Bonchev–Trinajstić information content (AvgIpc) is 2.51. The monoisotopic (exact) mass is 163 g/mol. The molecule has 1 rings (SSSR count). The van der Waals surface area contributed by atoms with Crippen molar-refractivity contribution in [1.82, 2.24) is 9.78 Å². The number of hydrogen-bond donors (Lipinski definition) is 0. The second-order valence-electron chi connectivity index (χ2n) is 3.15. The van der Waals surface area contributed by atoms with Crippen molar-refractivity contribution in [3.8, 4) is 0 Å². The molecule has 1 atom stereocenters. The third kappa shape index (κ3) is 1.65. The highest BCUT2D eigenvalue weighted by Crippen LogP contribution is 2.16. The van der Waals surface area contributed by atoms with Crippen molar-refractivity contribution in [2.75, 3.05) is 0 Å². The molecular weight excluding hydrogens is 150 g/mol. The van der Waals surface area contributed by atoms with E-state index < -0.39 is 0 Å². The predicted octanol–water partition coefficient (Wildman–Crippen LogP) is 2.44. The lowest BCUT2D eigenvalue weighted by Crippen LogP contribution is -1.99. The Hall–Kier alpha value is -1.30. The minimum absolute atomic E-state index is 0.0718. The zero-order valence-corrected chi connectivity index (χ0v) is 7.65. The molecule has 0 aromatic carbocycles. The number of rotatable bonds is 2. The van der Waals surface area contributed by atoms with Crippen LogP contribution in [0.3, 0.4) is 0 Å². The Labute approximate surface area is 72.8 Å². The van der Waals surface area contributed by atoms with Gasteiger partial charge in [-0.25, -0.2) is 6.57 Å². The smallest absolute Gasteiger partial charge is 0.249 e. The Kier molecular flexibility index (Phi) is 2.49. The first-order valence-corrected chi connectivity index (χ1v) is 4.05. The minimum atomic E-state index is -0.0718. The van der Waals surface area contributed by atoms with Crippen LogP contribution in [0, 0.1) is 6.57 Å². The summed E-state index contributed by atoms with van der Waals surface area (Å²) in [5.41, 5.74) is 0.999. The van der Waals surface area contributed by atoms with Gasteiger partial charge in [-0.1, -0.05) is 0 Å². The van der Waals surface area contributed by atoms with Crippen molar-refractivity contribution < 1.29 is 0 Å². The molecule has 0 saturated heterocycles. The highest BCUT2D eigenvalue weighted by molar-refractivity contribution is 5.12. The lowest BCUT2D eigenvalue weighted by Gasteiger charge is -2.02. The second kappa shape index (κ2) is 3.40. The summed E-state index contributed by atoms with van der Waals surface area (Å²) in [6, 6.07) is 0.300. The van der Waals surface area contributed by atoms with Crippen molar-refractivity contribution in [2.24, 2.45) is 0 Å². The van der Waals surface area contributed by atoms with Gasteiger partial charge in [0.1, 0.15) is 0 Å². The van der Waals surface area contributed by atoms with Crippen LogP contribution in [0.15, 0.2) is 12.4 Å².